The summed E-state index contributed by atoms with van der Waals surface area (Å²) >= 11 is 0. The van der Waals surface area contributed by atoms with Crippen molar-refractivity contribution in [2.45, 2.75) is 51.6 Å². The maximum atomic E-state index is 13.8. The zero-order chi connectivity index (χ0) is 21.1. The Morgan fingerprint density at radius 1 is 1.28 bits per heavy atom. The van der Waals surface area contributed by atoms with Crippen LogP contribution in [0.2, 0.25) is 0 Å². The Balaban J connectivity index is 0.00000420. The molecule has 0 saturated heterocycles. The second-order valence-electron chi connectivity index (χ2n) is 7.13. The number of hydrogen-bond donors (Lipinski definition) is 1. The highest BCUT2D eigenvalue weighted by atomic mass is 35.5. The van der Waals surface area contributed by atoms with Crippen LogP contribution in [0.5, 0.6) is 0 Å². The first-order chi connectivity index (χ1) is 13.1. The normalized spacial score (nSPS) is 12.5. The van der Waals surface area contributed by atoms with E-state index in [9.17, 15) is 12.8 Å². The highest BCUT2D eigenvalue weighted by molar-refractivity contribution is 7.89. The van der Waals surface area contributed by atoms with Gasteiger partial charge in [0.1, 0.15) is 5.83 Å². The minimum absolute atomic E-state index is 0. The minimum atomic E-state index is -3.50. The lowest BCUT2D eigenvalue weighted by atomic mass is 10.0. The number of rotatable bonds is 8. The first-order valence-electron chi connectivity index (χ1n) is 9.22. The number of nitrogens with zero attached hydrogens (tertiary/aromatic N) is 3. The van der Waals surface area contributed by atoms with Gasteiger partial charge in [-0.25, -0.2) is 12.8 Å². The lowest BCUT2D eigenvalue weighted by Gasteiger charge is -2.21. The second kappa shape index (κ2) is 10.3. The molecule has 0 amide bonds. The summed E-state index contributed by atoms with van der Waals surface area (Å²) in [6, 6.07) is 6.76. The fraction of sp³-hybridized carbons (Fsp3) is 0.450. The Kier molecular flexibility index (Phi) is 9.02. The van der Waals surface area contributed by atoms with E-state index < -0.39 is 10.0 Å². The average molecular weight is 445 g/mol. The van der Waals surface area contributed by atoms with Crippen molar-refractivity contribution in [3.05, 3.63) is 58.7 Å². The van der Waals surface area contributed by atoms with Crippen molar-refractivity contribution in [3.8, 4) is 0 Å². The van der Waals surface area contributed by atoms with E-state index in [4.69, 9.17) is 5.73 Å². The molecule has 29 heavy (non-hydrogen) atoms. The number of aryl methyl sites for hydroxylation is 1. The molecule has 162 valence electrons. The first kappa shape index (κ1) is 25.3. The predicted octanol–water partition coefficient (Wildman–Crippen LogP) is 3.35. The highest BCUT2D eigenvalue weighted by Gasteiger charge is 2.23. The summed E-state index contributed by atoms with van der Waals surface area (Å²) in [5, 5.41) is 4.42. The molecule has 1 aromatic carbocycles. The van der Waals surface area contributed by atoms with Crippen LogP contribution < -0.4 is 5.73 Å². The molecule has 0 spiro atoms. The van der Waals surface area contributed by atoms with Gasteiger partial charge in [-0.2, -0.15) is 9.40 Å². The third-order valence-corrected chi connectivity index (χ3v) is 6.93. The van der Waals surface area contributed by atoms with Crippen molar-refractivity contribution in [3.63, 3.8) is 0 Å². The van der Waals surface area contributed by atoms with Crippen molar-refractivity contribution in [2.24, 2.45) is 5.73 Å². The lowest BCUT2D eigenvalue weighted by Crippen LogP contribution is -2.33. The van der Waals surface area contributed by atoms with Crippen LogP contribution in [-0.4, -0.2) is 42.1 Å². The van der Waals surface area contributed by atoms with Crippen molar-refractivity contribution in [1.82, 2.24) is 14.1 Å². The van der Waals surface area contributed by atoms with E-state index in [1.54, 1.807) is 23.9 Å². The van der Waals surface area contributed by atoms with Crippen molar-refractivity contribution in [1.29, 1.82) is 0 Å². The zero-order valence-electron chi connectivity index (χ0n) is 17.5. The highest BCUT2D eigenvalue weighted by Crippen LogP contribution is 2.22. The van der Waals surface area contributed by atoms with Crippen LogP contribution in [0, 0.1) is 13.8 Å². The maximum absolute atomic E-state index is 13.8. The van der Waals surface area contributed by atoms with Gasteiger partial charge in [0.05, 0.1) is 17.1 Å². The largest absolute Gasteiger partial charge is 0.327 e. The van der Waals surface area contributed by atoms with Crippen LogP contribution >= 0.6 is 12.4 Å². The summed E-state index contributed by atoms with van der Waals surface area (Å²) in [6.07, 6.45) is 1.93. The van der Waals surface area contributed by atoms with Crippen LogP contribution in [0.4, 0.5) is 4.39 Å². The Labute approximate surface area is 179 Å². The number of hydrogen-bond acceptors (Lipinski definition) is 4. The van der Waals surface area contributed by atoms with Crippen LogP contribution in [0.3, 0.4) is 0 Å². The fourth-order valence-corrected chi connectivity index (χ4v) is 4.27. The van der Waals surface area contributed by atoms with E-state index in [1.807, 2.05) is 39.8 Å². The third-order valence-electron chi connectivity index (χ3n) is 4.88. The molecule has 0 atom stereocenters. The second-order valence-corrected chi connectivity index (χ2v) is 9.13. The van der Waals surface area contributed by atoms with Gasteiger partial charge < -0.3 is 5.73 Å². The zero-order valence-corrected chi connectivity index (χ0v) is 19.1. The molecule has 0 saturated carbocycles. The van der Waals surface area contributed by atoms with E-state index in [1.165, 1.54) is 10.4 Å². The number of sulfonamides is 1. The molecular formula is C20H30ClFN4O2S. The minimum Gasteiger partial charge on any atom is -0.327 e. The lowest BCUT2D eigenvalue weighted by molar-refractivity contribution is 0.410. The van der Waals surface area contributed by atoms with E-state index in [0.29, 0.717) is 6.42 Å². The van der Waals surface area contributed by atoms with Crippen LogP contribution in [0.25, 0.3) is 0 Å². The summed E-state index contributed by atoms with van der Waals surface area (Å²) in [4.78, 5) is 0.269. The van der Waals surface area contributed by atoms with Gasteiger partial charge in [0.2, 0.25) is 10.0 Å². The molecule has 1 heterocycles. The summed E-state index contributed by atoms with van der Waals surface area (Å²) < 4.78 is 41.9. The first-order valence-corrected chi connectivity index (χ1v) is 10.7. The molecule has 2 rings (SSSR count). The molecule has 2 N–H and O–H groups in total. The smallest absolute Gasteiger partial charge is 0.243 e. The van der Waals surface area contributed by atoms with E-state index in [2.05, 4.69) is 5.10 Å². The van der Waals surface area contributed by atoms with Gasteiger partial charge in [0, 0.05) is 37.3 Å². The third kappa shape index (κ3) is 5.88. The fourth-order valence-electron chi connectivity index (χ4n) is 2.91. The number of allylic oxidation sites excluding steroid dienone is 1. The summed E-state index contributed by atoms with van der Waals surface area (Å²) in [5.74, 6) is -0.316. The van der Waals surface area contributed by atoms with E-state index in [-0.39, 0.29) is 42.3 Å². The molecule has 1 aromatic heterocycles. The Morgan fingerprint density at radius 2 is 1.86 bits per heavy atom. The van der Waals surface area contributed by atoms with Gasteiger partial charge >= 0.3 is 0 Å². The molecule has 9 heteroatoms. The predicted molar refractivity (Wildman–Crippen MR) is 117 cm³/mol. The molecule has 0 unspecified atom stereocenters. The summed E-state index contributed by atoms with van der Waals surface area (Å²) in [6.45, 7) is 7.67. The Hall–Kier alpha value is -1.74. The van der Waals surface area contributed by atoms with E-state index >= 15 is 0 Å². The SMILES string of the molecule is Cc1nn(CC(F)=CCN)c(C)c1Cc1ccc(S(=O)(=O)N(C)C(C)C)cc1.Cl. The van der Waals surface area contributed by atoms with Gasteiger partial charge in [-0.15, -0.1) is 12.4 Å². The van der Waals surface area contributed by atoms with E-state index in [0.717, 1.165) is 22.5 Å². The standard InChI is InChI=1S/C20H29FN4O2S.ClH/c1-14(2)24(5)28(26,27)19-8-6-17(7-9-19)12-20-15(3)23-25(16(20)4)13-18(21)10-11-22;/h6-10,14H,11-13,22H2,1-5H3;1H. The quantitative estimate of drug-likeness (QED) is 0.676. The van der Waals surface area contributed by atoms with Crippen LogP contribution in [-0.2, 0) is 23.0 Å². The number of halogens is 2. The molecule has 0 bridgehead atoms. The van der Waals surface area contributed by atoms with Crippen molar-refractivity contribution in [2.75, 3.05) is 13.6 Å². The molecule has 2 aromatic rings. The van der Waals surface area contributed by atoms with Gasteiger partial charge in [-0.1, -0.05) is 12.1 Å². The molecule has 0 aliphatic carbocycles. The van der Waals surface area contributed by atoms with Gasteiger partial charge in [0.25, 0.3) is 0 Å². The molecule has 0 radical (unpaired) electrons. The Morgan fingerprint density at radius 3 is 2.38 bits per heavy atom. The van der Waals surface area contributed by atoms with Gasteiger partial charge in [-0.05, 0) is 51.5 Å². The molecule has 0 aliphatic rings. The summed E-state index contributed by atoms with van der Waals surface area (Å²) in [5.41, 5.74) is 9.03. The van der Waals surface area contributed by atoms with Gasteiger partial charge in [-0.3, -0.25) is 4.68 Å². The molecular weight excluding hydrogens is 415 g/mol. The topological polar surface area (TPSA) is 81.2 Å². The van der Waals surface area contributed by atoms with Crippen molar-refractivity contribution < 1.29 is 12.8 Å². The maximum Gasteiger partial charge on any atom is 0.243 e. The number of aromatic nitrogens is 2. The molecule has 0 aliphatic heterocycles. The molecule has 0 fully saturated rings. The number of benzene rings is 1. The monoisotopic (exact) mass is 444 g/mol. The van der Waals surface area contributed by atoms with Crippen LogP contribution in [0.15, 0.2) is 41.1 Å². The summed E-state index contributed by atoms with van der Waals surface area (Å²) in [7, 11) is -1.92. The average Bonchev–Trinajstić information content (AvgIpc) is 2.89. The number of nitrogens with two attached hydrogens (primary N) is 1. The van der Waals surface area contributed by atoms with Crippen LogP contribution in [0.1, 0.15) is 36.4 Å². The van der Waals surface area contributed by atoms with Crippen molar-refractivity contribution >= 4 is 22.4 Å². The molecule has 6 nitrogen and oxygen atoms in total. The van der Waals surface area contributed by atoms with Gasteiger partial charge in [0.15, 0.2) is 0 Å². The Bertz CT molecular complexity index is 954.